The number of halogens is 2. The maximum atomic E-state index is 13.8. The third-order valence-electron chi connectivity index (χ3n) is 4.14. The summed E-state index contributed by atoms with van der Waals surface area (Å²) < 4.78 is 29.1. The second kappa shape index (κ2) is 4.28. The smallest absolute Gasteiger partial charge is 0.201 e. The Labute approximate surface area is 120 Å². The van der Waals surface area contributed by atoms with Gasteiger partial charge in [-0.05, 0) is 24.0 Å². The van der Waals surface area contributed by atoms with Crippen LogP contribution in [-0.2, 0) is 12.8 Å². The number of anilines is 1. The molecule has 0 radical (unpaired) electrons. The van der Waals surface area contributed by atoms with Crippen molar-refractivity contribution < 1.29 is 8.78 Å². The van der Waals surface area contributed by atoms with Gasteiger partial charge in [0.2, 0.25) is 5.95 Å². The minimum absolute atomic E-state index is 0.0496. The summed E-state index contributed by atoms with van der Waals surface area (Å²) in [6, 6.07) is 10.3. The van der Waals surface area contributed by atoms with E-state index in [2.05, 4.69) is 17.1 Å². The number of nitrogens with zero attached hydrogens (tertiary/aromatic N) is 2. The van der Waals surface area contributed by atoms with Crippen molar-refractivity contribution in [1.29, 1.82) is 0 Å². The summed E-state index contributed by atoms with van der Waals surface area (Å²) in [4.78, 5) is 4.06. The summed E-state index contributed by atoms with van der Waals surface area (Å²) in [5.41, 5.74) is 9.00. The molecule has 0 saturated heterocycles. The Hall–Kier alpha value is -2.43. The number of imidazole rings is 1. The molecule has 3 nitrogen and oxygen atoms in total. The predicted molar refractivity (Wildman–Crippen MR) is 76.9 cm³/mol. The van der Waals surface area contributed by atoms with E-state index in [1.54, 1.807) is 4.57 Å². The first-order chi connectivity index (χ1) is 10.1. The molecule has 1 aliphatic carbocycles. The maximum absolute atomic E-state index is 13.8. The van der Waals surface area contributed by atoms with Gasteiger partial charge in [-0.15, -0.1) is 0 Å². The zero-order valence-electron chi connectivity index (χ0n) is 11.2. The fraction of sp³-hybridized carbons (Fsp3) is 0.188. The lowest BCUT2D eigenvalue weighted by atomic mass is 10.1. The monoisotopic (exact) mass is 285 g/mol. The molecule has 0 unspecified atom stereocenters. The topological polar surface area (TPSA) is 43.8 Å². The van der Waals surface area contributed by atoms with Crippen LogP contribution in [0.4, 0.5) is 14.7 Å². The molecule has 2 aromatic carbocycles. The van der Waals surface area contributed by atoms with E-state index in [1.165, 1.54) is 17.2 Å². The van der Waals surface area contributed by atoms with Crippen LogP contribution in [0.15, 0.2) is 36.4 Å². The highest BCUT2D eigenvalue weighted by molar-refractivity contribution is 5.79. The van der Waals surface area contributed by atoms with Gasteiger partial charge in [-0.3, -0.25) is 0 Å². The van der Waals surface area contributed by atoms with Crippen LogP contribution in [-0.4, -0.2) is 9.55 Å². The number of hydrogen-bond acceptors (Lipinski definition) is 2. The van der Waals surface area contributed by atoms with Crippen molar-refractivity contribution in [2.75, 3.05) is 5.73 Å². The predicted octanol–water partition coefficient (Wildman–Crippen LogP) is 3.24. The molecule has 21 heavy (non-hydrogen) atoms. The van der Waals surface area contributed by atoms with Crippen LogP contribution in [0.3, 0.4) is 0 Å². The van der Waals surface area contributed by atoms with Crippen LogP contribution < -0.4 is 5.73 Å². The number of benzene rings is 2. The Morgan fingerprint density at radius 3 is 2.43 bits per heavy atom. The van der Waals surface area contributed by atoms with Crippen molar-refractivity contribution in [2.45, 2.75) is 18.9 Å². The number of aromatic nitrogens is 2. The molecule has 0 atom stereocenters. The van der Waals surface area contributed by atoms with Crippen LogP contribution in [0.25, 0.3) is 11.0 Å². The van der Waals surface area contributed by atoms with Gasteiger partial charge in [-0.25, -0.2) is 13.8 Å². The second-order valence-corrected chi connectivity index (χ2v) is 5.43. The van der Waals surface area contributed by atoms with Gasteiger partial charge in [0.1, 0.15) is 11.3 Å². The number of nitrogen functional groups attached to an aromatic ring is 1. The zero-order valence-corrected chi connectivity index (χ0v) is 11.2. The van der Waals surface area contributed by atoms with Crippen molar-refractivity contribution in [2.24, 2.45) is 0 Å². The summed E-state index contributed by atoms with van der Waals surface area (Å²) in [7, 11) is 0. The molecule has 0 aliphatic heterocycles. The average Bonchev–Trinajstić information content (AvgIpc) is 2.98. The lowest BCUT2D eigenvalue weighted by molar-refractivity contribution is 0.547. The second-order valence-electron chi connectivity index (χ2n) is 5.43. The van der Waals surface area contributed by atoms with E-state index in [9.17, 15) is 8.78 Å². The largest absolute Gasteiger partial charge is 0.369 e. The number of nitrogens with two attached hydrogens (primary N) is 1. The first-order valence-electron chi connectivity index (χ1n) is 6.82. The highest BCUT2D eigenvalue weighted by Gasteiger charge is 2.26. The minimum atomic E-state index is -0.675. The first kappa shape index (κ1) is 12.3. The van der Waals surface area contributed by atoms with Crippen molar-refractivity contribution in [3.63, 3.8) is 0 Å². The molecule has 0 saturated carbocycles. The van der Waals surface area contributed by atoms with Gasteiger partial charge < -0.3 is 10.3 Å². The number of hydrogen-bond donors (Lipinski definition) is 1. The highest BCUT2D eigenvalue weighted by Crippen LogP contribution is 2.35. The summed E-state index contributed by atoms with van der Waals surface area (Å²) in [6.45, 7) is 0. The van der Waals surface area contributed by atoms with E-state index < -0.39 is 11.6 Å². The fourth-order valence-electron chi connectivity index (χ4n) is 3.24. The van der Waals surface area contributed by atoms with Gasteiger partial charge in [-0.2, -0.15) is 0 Å². The van der Waals surface area contributed by atoms with E-state index in [-0.39, 0.29) is 17.5 Å². The van der Waals surface area contributed by atoms with Crippen molar-refractivity contribution >= 4 is 17.0 Å². The van der Waals surface area contributed by atoms with E-state index in [4.69, 9.17) is 5.73 Å². The summed E-state index contributed by atoms with van der Waals surface area (Å²) in [6.07, 6.45) is 1.59. The lowest BCUT2D eigenvalue weighted by Crippen LogP contribution is -2.12. The van der Waals surface area contributed by atoms with Gasteiger partial charge in [0, 0.05) is 18.2 Å². The van der Waals surface area contributed by atoms with E-state index in [0.717, 1.165) is 18.9 Å². The molecule has 0 bridgehead atoms. The lowest BCUT2D eigenvalue weighted by Gasteiger charge is -2.14. The normalized spacial score (nSPS) is 14.8. The Bertz CT molecular complexity index is 829. The summed E-state index contributed by atoms with van der Waals surface area (Å²) in [5.74, 6) is -1.06. The maximum Gasteiger partial charge on any atom is 0.201 e. The van der Waals surface area contributed by atoms with Gasteiger partial charge in [0.15, 0.2) is 5.82 Å². The van der Waals surface area contributed by atoms with Crippen molar-refractivity contribution in [3.05, 3.63) is 59.2 Å². The Balaban J connectivity index is 1.87. The molecule has 1 aliphatic rings. The third-order valence-corrected chi connectivity index (χ3v) is 4.14. The summed E-state index contributed by atoms with van der Waals surface area (Å²) in [5, 5.41) is 0. The third kappa shape index (κ3) is 1.81. The van der Waals surface area contributed by atoms with Gasteiger partial charge in [-0.1, -0.05) is 24.3 Å². The summed E-state index contributed by atoms with van der Waals surface area (Å²) >= 11 is 0. The molecular formula is C16H13F2N3. The van der Waals surface area contributed by atoms with Crippen LogP contribution in [0.2, 0.25) is 0 Å². The Morgan fingerprint density at radius 2 is 1.76 bits per heavy atom. The Kier molecular flexibility index (Phi) is 2.51. The number of rotatable bonds is 1. The van der Waals surface area contributed by atoms with Crippen molar-refractivity contribution in [1.82, 2.24) is 9.55 Å². The molecule has 0 fully saturated rings. The number of fused-ring (bicyclic) bond motifs is 2. The molecule has 3 aromatic rings. The van der Waals surface area contributed by atoms with E-state index >= 15 is 0 Å². The van der Waals surface area contributed by atoms with Crippen LogP contribution in [0.5, 0.6) is 0 Å². The van der Waals surface area contributed by atoms with E-state index in [0.29, 0.717) is 5.52 Å². The molecule has 2 N–H and O–H groups in total. The molecule has 1 aromatic heterocycles. The first-order valence-corrected chi connectivity index (χ1v) is 6.82. The molecular weight excluding hydrogens is 272 g/mol. The molecule has 4 rings (SSSR count). The molecule has 0 amide bonds. The van der Waals surface area contributed by atoms with Crippen LogP contribution in [0.1, 0.15) is 17.2 Å². The molecule has 0 spiro atoms. The van der Waals surface area contributed by atoms with Crippen LogP contribution in [0, 0.1) is 11.6 Å². The van der Waals surface area contributed by atoms with Crippen LogP contribution >= 0.6 is 0 Å². The van der Waals surface area contributed by atoms with Gasteiger partial charge in [0.25, 0.3) is 0 Å². The van der Waals surface area contributed by atoms with Crippen molar-refractivity contribution in [3.8, 4) is 0 Å². The quantitative estimate of drug-likeness (QED) is 0.746. The SMILES string of the molecule is Nc1nc2c(F)cc(F)cc2n1C1Cc2ccccc2C1. The standard InChI is InChI=1S/C16H13F2N3/c17-11-7-13(18)15-14(8-11)21(16(19)20-15)12-5-9-3-1-2-4-10(9)6-12/h1-4,7-8,12H,5-6H2,(H2,19,20). The van der Waals surface area contributed by atoms with Gasteiger partial charge >= 0.3 is 0 Å². The molecule has 5 heteroatoms. The molecule has 106 valence electrons. The zero-order chi connectivity index (χ0) is 14.6. The fourth-order valence-corrected chi connectivity index (χ4v) is 3.24. The minimum Gasteiger partial charge on any atom is -0.369 e. The highest BCUT2D eigenvalue weighted by atomic mass is 19.1. The Morgan fingerprint density at radius 1 is 1.10 bits per heavy atom. The van der Waals surface area contributed by atoms with Gasteiger partial charge in [0.05, 0.1) is 5.52 Å². The average molecular weight is 285 g/mol. The van der Waals surface area contributed by atoms with E-state index in [1.807, 2.05) is 12.1 Å². The molecule has 1 heterocycles.